The van der Waals surface area contributed by atoms with Gasteiger partial charge in [-0.05, 0) is 36.8 Å². The van der Waals surface area contributed by atoms with E-state index in [4.69, 9.17) is 0 Å². The zero-order chi connectivity index (χ0) is 45.0. The third-order valence-electron chi connectivity index (χ3n) is 12.8. The Morgan fingerprint density at radius 2 is 0.426 bits per heavy atom. The Morgan fingerprint density at radius 3 is 0.607 bits per heavy atom. The van der Waals surface area contributed by atoms with Crippen molar-refractivity contribution in [2.24, 2.45) is 0 Å². The number of unbranched alkanes of at least 4 members (excludes halogenated alkanes) is 40. The summed E-state index contributed by atoms with van der Waals surface area (Å²) >= 11 is 0.00985. The molecule has 0 radical (unpaired) electrons. The van der Waals surface area contributed by atoms with Gasteiger partial charge >= 0.3 is 171 Å². The summed E-state index contributed by atoms with van der Waals surface area (Å²) in [6.45, 7) is 8.91. The van der Waals surface area contributed by atoms with Crippen LogP contribution in [0.5, 0.6) is 0 Å². The van der Waals surface area contributed by atoms with Crippen LogP contribution in [0.15, 0.2) is 11.1 Å². The molecule has 5 heteroatoms. The number of carbonyl (C=O) groups excluding carboxylic acids is 2. The van der Waals surface area contributed by atoms with Gasteiger partial charge in [-0.2, -0.15) is 0 Å². The Hall–Kier alpha value is -0.521. The SMILES string of the molecule is CCCCCCCC/C(C(=O)[O-])=C(\CCCCCCCC)C(=O)[O-].CCCCCCCCCCCCCCCCC[CH2][Sn+2][CH2]CCCCCCCCCCCCCCCCC. The van der Waals surface area contributed by atoms with Gasteiger partial charge in [0.15, 0.2) is 0 Å². The van der Waals surface area contributed by atoms with Crippen molar-refractivity contribution in [2.45, 2.75) is 332 Å². The Morgan fingerprint density at radius 1 is 0.262 bits per heavy atom. The Kier molecular flexibility index (Phi) is 57.0. The summed E-state index contributed by atoms with van der Waals surface area (Å²) in [7, 11) is 0. The van der Waals surface area contributed by atoms with E-state index in [2.05, 4.69) is 27.7 Å². The molecule has 0 aromatic rings. The molecule has 0 unspecified atom stereocenters. The van der Waals surface area contributed by atoms with Crippen molar-refractivity contribution in [1.29, 1.82) is 0 Å². The second-order valence-electron chi connectivity index (χ2n) is 18.9. The predicted molar refractivity (Wildman–Crippen MR) is 267 cm³/mol. The van der Waals surface area contributed by atoms with Gasteiger partial charge in [0, 0.05) is 0 Å². The molecule has 0 aromatic heterocycles. The van der Waals surface area contributed by atoms with Gasteiger partial charge < -0.3 is 19.8 Å². The number of aliphatic carboxylic acids is 2. The molecular weight excluding hydrogens is 855 g/mol. The van der Waals surface area contributed by atoms with Gasteiger partial charge in [0.25, 0.3) is 0 Å². The molecule has 0 rings (SSSR count). The summed E-state index contributed by atoms with van der Waals surface area (Å²) in [5.74, 6) is -2.71. The van der Waals surface area contributed by atoms with Crippen LogP contribution in [0.4, 0.5) is 0 Å². The first-order valence-corrected chi connectivity index (χ1v) is 31.8. The van der Waals surface area contributed by atoms with Crippen molar-refractivity contribution < 1.29 is 19.8 Å². The first-order chi connectivity index (χ1) is 30.0. The van der Waals surface area contributed by atoms with Crippen molar-refractivity contribution in [3.63, 3.8) is 0 Å². The fraction of sp³-hybridized carbons (Fsp3) is 0.929. The first kappa shape index (κ1) is 62.6. The Bertz CT molecular complexity index is 831. The average molecular weight is 964 g/mol. The molecule has 0 aromatic carbocycles. The molecule has 0 aliphatic heterocycles. The van der Waals surface area contributed by atoms with Crippen LogP contribution in [0.1, 0.15) is 323 Å². The van der Waals surface area contributed by atoms with Crippen molar-refractivity contribution in [2.75, 3.05) is 0 Å². The molecule has 0 aliphatic rings. The molecular formula is C56H108O4Sn. The van der Waals surface area contributed by atoms with Gasteiger partial charge in [-0.15, -0.1) is 0 Å². The molecule has 0 heterocycles. The van der Waals surface area contributed by atoms with E-state index in [1.54, 1.807) is 21.7 Å². The third-order valence-corrected chi connectivity index (χ3v) is 16.9. The number of hydrogen-bond donors (Lipinski definition) is 0. The summed E-state index contributed by atoms with van der Waals surface area (Å²) in [5.41, 5.74) is -0.113. The van der Waals surface area contributed by atoms with Gasteiger partial charge in [0.05, 0.1) is 11.9 Å². The second kappa shape index (κ2) is 55.6. The van der Waals surface area contributed by atoms with E-state index < -0.39 is 11.9 Å². The summed E-state index contributed by atoms with van der Waals surface area (Å²) in [6, 6.07) is 0. The van der Waals surface area contributed by atoms with E-state index in [1.807, 2.05) is 0 Å². The van der Waals surface area contributed by atoms with Gasteiger partial charge in [-0.3, -0.25) is 0 Å². The fourth-order valence-electron chi connectivity index (χ4n) is 8.64. The topological polar surface area (TPSA) is 80.3 Å². The molecule has 0 aliphatic carbocycles. The molecule has 0 bridgehead atoms. The predicted octanol–water partition coefficient (Wildman–Crippen LogP) is 17.3. The maximum atomic E-state index is 11.3. The molecule has 0 N–H and O–H groups in total. The van der Waals surface area contributed by atoms with Gasteiger partial charge in [-0.25, -0.2) is 0 Å². The average Bonchev–Trinajstić information content (AvgIpc) is 3.25. The second-order valence-corrected chi connectivity index (χ2v) is 23.2. The zero-order valence-corrected chi connectivity index (χ0v) is 44.9. The maximum absolute atomic E-state index is 11.3. The summed E-state index contributed by atoms with van der Waals surface area (Å²) in [4.78, 5) is 22.7. The van der Waals surface area contributed by atoms with Crippen molar-refractivity contribution in [1.82, 2.24) is 0 Å². The van der Waals surface area contributed by atoms with Crippen LogP contribution in [-0.4, -0.2) is 33.1 Å². The molecule has 0 saturated carbocycles. The van der Waals surface area contributed by atoms with E-state index in [1.165, 1.54) is 205 Å². The van der Waals surface area contributed by atoms with Gasteiger partial charge in [0.2, 0.25) is 0 Å². The van der Waals surface area contributed by atoms with Crippen molar-refractivity contribution >= 4 is 33.1 Å². The molecule has 0 saturated heterocycles. The van der Waals surface area contributed by atoms with Crippen LogP contribution in [-0.2, 0) is 9.59 Å². The minimum Gasteiger partial charge on any atom is -0.0654 e. The van der Waals surface area contributed by atoms with Crippen LogP contribution in [0.25, 0.3) is 0 Å². The minimum atomic E-state index is -1.35. The van der Waals surface area contributed by atoms with Crippen LogP contribution in [0, 0.1) is 0 Å². The first-order valence-electron chi connectivity index (χ1n) is 27.8. The van der Waals surface area contributed by atoms with E-state index in [0.29, 0.717) is 12.8 Å². The van der Waals surface area contributed by atoms with Crippen LogP contribution in [0.3, 0.4) is 0 Å². The summed E-state index contributed by atoms with van der Waals surface area (Å²) in [5, 5.41) is 22.7. The molecule has 4 nitrogen and oxygen atoms in total. The smallest absolute Gasteiger partial charge is 0.0654 e. The van der Waals surface area contributed by atoms with Crippen LogP contribution >= 0.6 is 0 Å². The van der Waals surface area contributed by atoms with Crippen LogP contribution < -0.4 is 10.2 Å². The molecule has 0 spiro atoms. The van der Waals surface area contributed by atoms with E-state index in [-0.39, 0.29) is 45.1 Å². The van der Waals surface area contributed by atoms with E-state index in [0.717, 1.165) is 51.4 Å². The molecule has 360 valence electrons. The summed E-state index contributed by atoms with van der Waals surface area (Å²) in [6.07, 6.45) is 60.7. The van der Waals surface area contributed by atoms with Gasteiger partial charge in [-0.1, -0.05) is 156 Å². The molecule has 0 fully saturated rings. The number of carboxylic acids is 2. The summed E-state index contributed by atoms with van der Waals surface area (Å²) < 4.78 is 3.33. The van der Waals surface area contributed by atoms with E-state index >= 15 is 0 Å². The quantitative estimate of drug-likeness (QED) is 0.0346. The monoisotopic (exact) mass is 965 g/mol. The number of carboxylic acid groups (broad SMARTS) is 2. The Labute approximate surface area is 393 Å². The molecule has 61 heavy (non-hydrogen) atoms. The zero-order valence-electron chi connectivity index (χ0n) is 42.1. The third kappa shape index (κ3) is 52.0. The number of hydrogen-bond acceptors (Lipinski definition) is 4. The van der Waals surface area contributed by atoms with Gasteiger partial charge in [0.1, 0.15) is 0 Å². The Balaban J connectivity index is 0. The minimum absolute atomic E-state index is 0.00985. The van der Waals surface area contributed by atoms with Crippen molar-refractivity contribution in [3.8, 4) is 0 Å². The van der Waals surface area contributed by atoms with E-state index in [9.17, 15) is 19.8 Å². The van der Waals surface area contributed by atoms with Crippen molar-refractivity contribution in [3.05, 3.63) is 11.1 Å². The number of rotatable bonds is 50. The molecule has 0 atom stereocenters. The van der Waals surface area contributed by atoms with Crippen LogP contribution in [0.2, 0.25) is 8.87 Å². The molecule has 0 amide bonds. The standard InChI is InChI=1S/C20H36O4.2C18H37.Sn/c1-3-5-7-9-11-13-15-17(19(21)22)18(20(23)24)16-14-12-10-8-6-4-2;2*1-3-5-7-9-11-13-15-17-18-16-14-12-10-8-6-4-2;/h3-16H2,1-2H3,(H,21,22)(H,23,24);2*1,3-18H2,2H3;/q;;;+2/p-2/b18-17-;;;. The normalized spacial score (nSPS) is 11.6. The number of carbonyl (C=O) groups is 2. The fourth-order valence-corrected chi connectivity index (χ4v) is 12.2.